The predicted molar refractivity (Wildman–Crippen MR) is 95.6 cm³/mol. The van der Waals surface area contributed by atoms with E-state index in [0.717, 1.165) is 48.6 Å². The number of hydrogen-bond donors (Lipinski definition) is 0. The number of benzene rings is 1. The van der Waals surface area contributed by atoms with E-state index >= 15 is 0 Å². The van der Waals surface area contributed by atoms with Gasteiger partial charge in [0, 0.05) is 12.1 Å². The molecule has 0 N–H and O–H groups in total. The Kier molecular flexibility index (Phi) is 5.41. The Morgan fingerprint density at radius 3 is 2.64 bits per heavy atom. The molecule has 5 nitrogen and oxygen atoms in total. The molecule has 1 saturated heterocycles. The summed E-state index contributed by atoms with van der Waals surface area (Å²) >= 11 is 0. The second-order valence-electron chi connectivity index (χ2n) is 6.70. The van der Waals surface area contributed by atoms with E-state index in [2.05, 4.69) is 17.3 Å². The van der Waals surface area contributed by atoms with Crippen LogP contribution < -0.4 is 4.74 Å². The largest absolute Gasteiger partial charge is 0.497 e. The van der Waals surface area contributed by atoms with Crippen LogP contribution in [0.2, 0.25) is 0 Å². The van der Waals surface area contributed by atoms with Crippen molar-refractivity contribution >= 4 is 5.91 Å². The van der Waals surface area contributed by atoms with Gasteiger partial charge in [-0.3, -0.25) is 4.79 Å². The highest BCUT2D eigenvalue weighted by molar-refractivity contribution is 5.79. The molecule has 134 valence electrons. The Morgan fingerprint density at radius 2 is 2.00 bits per heavy atom. The first-order chi connectivity index (χ1) is 12.1. The Morgan fingerprint density at radius 1 is 1.24 bits per heavy atom. The topological polar surface area (TPSA) is 55.6 Å². The number of aromatic nitrogens is 1. The number of likely N-dealkylation sites (tertiary alicyclic amines) is 1. The number of aryl methyl sites for hydroxylation is 2. The van der Waals surface area contributed by atoms with Crippen LogP contribution in [-0.2, 0) is 11.2 Å². The van der Waals surface area contributed by atoms with Gasteiger partial charge in [0.15, 0.2) is 0 Å². The minimum absolute atomic E-state index is 0.126. The molecule has 2 aromatic rings. The fraction of sp³-hybridized carbons (Fsp3) is 0.500. The van der Waals surface area contributed by atoms with Crippen LogP contribution in [0.1, 0.15) is 54.3 Å². The van der Waals surface area contributed by atoms with Crippen molar-refractivity contribution in [3.63, 3.8) is 0 Å². The molecule has 0 saturated carbocycles. The summed E-state index contributed by atoms with van der Waals surface area (Å²) in [5, 5.41) is 3.97. The summed E-state index contributed by atoms with van der Waals surface area (Å²) in [7, 11) is 1.67. The van der Waals surface area contributed by atoms with Crippen molar-refractivity contribution in [1.82, 2.24) is 10.1 Å². The molecule has 25 heavy (non-hydrogen) atoms. The molecule has 2 heterocycles. The highest BCUT2D eigenvalue weighted by atomic mass is 16.5. The molecule has 5 heteroatoms. The normalized spacial score (nSPS) is 18.0. The molecule has 1 aliphatic rings. The van der Waals surface area contributed by atoms with Gasteiger partial charge in [-0.15, -0.1) is 0 Å². The number of carbonyl (C=O) groups excluding carboxylic acids is 1. The molecule has 1 amide bonds. The Bertz CT molecular complexity index is 702. The number of ether oxygens (including phenoxy) is 1. The van der Waals surface area contributed by atoms with Crippen LogP contribution in [0, 0.1) is 13.8 Å². The molecule has 1 aromatic carbocycles. The Balaban J connectivity index is 1.83. The van der Waals surface area contributed by atoms with Crippen molar-refractivity contribution < 1.29 is 14.1 Å². The van der Waals surface area contributed by atoms with E-state index in [0.29, 0.717) is 6.42 Å². The fourth-order valence-corrected chi connectivity index (χ4v) is 3.59. The summed E-state index contributed by atoms with van der Waals surface area (Å²) in [6, 6.07) is 8.21. The molecule has 0 spiro atoms. The zero-order chi connectivity index (χ0) is 17.8. The summed E-state index contributed by atoms with van der Waals surface area (Å²) in [6.45, 7) is 4.56. The van der Waals surface area contributed by atoms with Crippen LogP contribution >= 0.6 is 0 Å². The van der Waals surface area contributed by atoms with Crippen molar-refractivity contribution in [2.75, 3.05) is 13.7 Å². The molecule has 3 rings (SSSR count). The summed E-state index contributed by atoms with van der Waals surface area (Å²) in [6.07, 6.45) is 4.72. The Hall–Kier alpha value is -2.30. The van der Waals surface area contributed by atoms with Crippen LogP contribution in [0.25, 0.3) is 0 Å². The lowest BCUT2D eigenvalue weighted by molar-refractivity contribution is -0.133. The van der Waals surface area contributed by atoms with Gasteiger partial charge in [-0.1, -0.05) is 30.1 Å². The quantitative estimate of drug-likeness (QED) is 0.843. The molecule has 0 bridgehead atoms. The minimum atomic E-state index is 0.126. The first-order valence-corrected chi connectivity index (χ1v) is 8.95. The monoisotopic (exact) mass is 342 g/mol. The lowest BCUT2D eigenvalue weighted by Gasteiger charge is -2.30. The third kappa shape index (κ3) is 3.86. The highest BCUT2D eigenvalue weighted by Gasteiger charge is 2.28. The van der Waals surface area contributed by atoms with Gasteiger partial charge < -0.3 is 14.2 Å². The lowest BCUT2D eigenvalue weighted by atomic mass is 9.99. The van der Waals surface area contributed by atoms with Crippen molar-refractivity contribution in [2.45, 2.75) is 52.0 Å². The van der Waals surface area contributed by atoms with Gasteiger partial charge in [0.2, 0.25) is 5.91 Å². The van der Waals surface area contributed by atoms with Gasteiger partial charge in [0.25, 0.3) is 0 Å². The first-order valence-electron chi connectivity index (χ1n) is 8.95. The van der Waals surface area contributed by atoms with E-state index in [1.165, 1.54) is 12.0 Å². The maximum atomic E-state index is 13.1. The standard InChI is InChI=1S/C20H26N2O3/c1-14-18(15(2)25-21-14)13-20(23)22-12-6-4-5-7-19(22)16-8-10-17(24-3)11-9-16/h8-11,19H,4-7,12-13H2,1-3H3. The van der Waals surface area contributed by atoms with Crippen molar-refractivity contribution in [2.24, 2.45) is 0 Å². The van der Waals surface area contributed by atoms with E-state index in [1.54, 1.807) is 7.11 Å². The van der Waals surface area contributed by atoms with E-state index in [1.807, 2.05) is 30.9 Å². The average Bonchev–Trinajstić information content (AvgIpc) is 2.83. The van der Waals surface area contributed by atoms with E-state index in [-0.39, 0.29) is 11.9 Å². The highest BCUT2D eigenvalue weighted by Crippen LogP contribution is 2.32. The first kappa shape index (κ1) is 17.5. The Labute approximate surface area is 148 Å². The van der Waals surface area contributed by atoms with Gasteiger partial charge in [0.1, 0.15) is 11.5 Å². The van der Waals surface area contributed by atoms with Crippen molar-refractivity contribution in [1.29, 1.82) is 0 Å². The molecule has 1 fully saturated rings. The zero-order valence-electron chi connectivity index (χ0n) is 15.2. The number of nitrogens with zero attached hydrogens (tertiary/aromatic N) is 2. The molecule has 1 aromatic heterocycles. The van der Waals surface area contributed by atoms with Crippen LogP contribution in [0.5, 0.6) is 5.75 Å². The number of carbonyl (C=O) groups is 1. The predicted octanol–water partition coefficient (Wildman–Crippen LogP) is 3.99. The number of methoxy groups -OCH3 is 1. The van der Waals surface area contributed by atoms with Gasteiger partial charge in [-0.25, -0.2) is 0 Å². The fourth-order valence-electron chi connectivity index (χ4n) is 3.59. The molecular formula is C20H26N2O3. The third-order valence-electron chi connectivity index (χ3n) is 5.08. The smallest absolute Gasteiger partial charge is 0.227 e. The van der Waals surface area contributed by atoms with Crippen LogP contribution in [0.4, 0.5) is 0 Å². The summed E-state index contributed by atoms with van der Waals surface area (Å²) in [5.74, 6) is 1.73. The van der Waals surface area contributed by atoms with E-state index < -0.39 is 0 Å². The SMILES string of the molecule is COc1ccc(C2CCCCCN2C(=O)Cc2c(C)noc2C)cc1. The molecule has 1 aliphatic heterocycles. The lowest BCUT2D eigenvalue weighted by Crippen LogP contribution is -2.36. The van der Waals surface area contributed by atoms with Gasteiger partial charge in [-0.05, 0) is 44.4 Å². The maximum Gasteiger partial charge on any atom is 0.227 e. The third-order valence-corrected chi connectivity index (χ3v) is 5.08. The second kappa shape index (κ2) is 7.72. The van der Waals surface area contributed by atoms with Crippen LogP contribution in [0.15, 0.2) is 28.8 Å². The molecule has 1 unspecified atom stereocenters. The number of rotatable bonds is 4. The number of amides is 1. The number of hydrogen-bond acceptors (Lipinski definition) is 4. The van der Waals surface area contributed by atoms with E-state index in [9.17, 15) is 4.79 Å². The van der Waals surface area contributed by atoms with Crippen LogP contribution in [0.3, 0.4) is 0 Å². The zero-order valence-corrected chi connectivity index (χ0v) is 15.2. The van der Waals surface area contributed by atoms with E-state index in [4.69, 9.17) is 9.26 Å². The van der Waals surface area contributed by atoms with Gasteiger partial charge >= 0.3 is 0 Å². The average molecular weight is 342 g/mol. The molecule has 0 radical (unpaired) electrons. The van der Waals surface area contributed by atoms with Crippen LogP contribution in [-0.4, -0.2) is 29.6 Å². The van der Waals surface area contributed by atoms with Gasteiger partial charge in [-0.2, -0.15) is 0 Å². The maximum absolute atomic E-state index is 13.1. The summed E-state index contributed by atoms with van der Waals surface area (Å²) in [5.41, 5.74) is 2.90. The molecule has 1 atom stereocenters. The molecular weight excluding hydrogens is 316 g/mol. The molecule has 0 aliphatic carbocycles. The second-order valence-corrected chi connectivity index (χ2v) is 6.70. The summed E-state index contributed by atoms with van der Waals surface area (Å²) in [4.78, 5) is 15.1. The van der Waals surface area contributed by atoms with Crippen molar-refractivity contribution in [3.8, 4) is 5.75 Å². The minimum Gasteiger partial charge on any atom is -0.497 e. The van der Waals surface area contributed by atoms with Crippen molar-refractivity contribution in [3.05, 3.63) is 46.8 Å². The van der Waals surface area contributed by atoms with Gasteiger partial charge in [0.05, 0.1) is 25.3 Å². The summed E-state index contributed by atoms with van der Waals surface area (Å²) < 4.78 is 10.5.